The fourth-order valence-corrected chi connectivity index (χ4v) is 2.78. The van der Waals surface area contributed by atoms with Crippen molar-refractivity contribution >= 4 is 28.8 Å². The number of hydrogen-bond donors (Lipinski definition) is 3. The van der Waals surface area contributed by atoms with Gasteiger partial charge in [-0.1, -0.05) is 24.4 Å². The number of carbonyl (C=O) groups is 1. The summed E-state index contributed by atoms with van der Waals surface area (Å²) >= 11 is 4.98. The number of nitrogens with zero attached hydrogens (tertiary/aromatic N) is 1. The Morgan fingerprint density at radius 1 is 1.57 bits per heavy atom. The van der Waals surface area contributed by atoms with Crippen LogP contribution < -0.4 is 11.1 Å². The molecule has 1 heterocycles. The Hall–Kier alpha value is -1.50. The normalized spacial score (nSPS) is 20.2. The summed E-state index contributed by atoms with van der Waals surface area (Å²) in [7, 11) is 0. The Morgan fingerprint density at radius 3 is 2.90 bits per heavy atom. The van der Waals surface area contributed by atoms with Gasteiger partial charge in [-0.25, -0.2) is 0 Å². The molecule has 1 aromatic rings. The minimum absolute atomic E-state index is 0.0926. The van der Waals surface area contributed by atoms with Gasteiger partial charge in [-0.15, -0.1) is 0 Å². The summed E-state index contributed by atoms with van der Waals surface area (Å²) in [6.07, 6.45) is 0.599. The fourth-order valence-electron chi connectivity index (χ4n) is 2.60. The van der Waals surface area contributed by atoms with Crippen LogP contribution in [-0.4, -0.2) is 46.6 Å². The van der Waals surface area contributed by atoms with Gasteiger partial charge in [-0.05, 0) is 37.9 Å². The zero-order chi connectivity index (χ0) is 15.4. The van der Waals surface area contributed by atoms with Crippen LogP contribution in [0.4, 0.5) is 5.69 Å². The number of aliphatic hydroxyl groups is 1. The monoisotopic (exact) mass is 307 g/mol. The molecule has 114 valence electrons. The number of likely N-dealkylation sites (tertiary alicyclic amines) is 1. The van der Waals surface area contributed by atoms with Crippen LogP contribution in [0.1, 0.15) is 18.9 Å². The lowest BCUT2D eigenvalue weighted by molar-refractivity contribution is -0.117. The van der Waals surface area contributed by atoms with Gasteiger partial charge in [0.25, 0.3) is 0 Å². The Morgan fingerprint density at radius 2 is 2.29 bits per heavy atom. The highest BCUT2D eigenvalue weighted by molar-refractivity contribution is 7.80. The summed E-state index contributed by atoms with van der Waals surface area (Å²) in [6.45, 7) is 3.70. The molecule has 0 radical (unpaired) electrons. The minimum Gasteiger partial charge on any atom is -0.393 e. The highest BCUT2D eigenvalue weighted by atomic mass is 32.1. The molecule has 1 aromatic carbocycles. The van der Waals surface area contributed by atoms with E-state index in [2.05, 4.69) is 10.2 Å². The fraction of sp³-hybridized carbons (Fsp3) is 0.467. The SMILES string of the molecule is CC(O)C1CCN(CC(=O)Nc2ccccc2C(N)=S)C1. The molecule has 5 nitrogen and oxygen atoms in total. The van der Waals surface area contributed by atoms with Crippen molar-refractivity contribution in [3.63, 3.8) is 0 Å². The Kier molecular flexibility index (Phi) is 5.27. The largest absolute Gasteiger partial charge is 0.393 e. The van der Waals surface area contributed by atoms with Gasteiger partial charge in [0.1, 0.15) is 4.99 Å². The lowest BCUT2D eigenvalue weighted by Gasteiger charge is -2.17. The molecule has 1 saturated heterocycles. The van der Waals surface area contributed by atoms with E-state index in [1.165, 1.54) is 0 Å². The highest BCUT2D eigenvalue weighted by Gasteiger charge is 2.27. The van der Waals surface area contributed by atoms with Crippen LogP contribution >= 0.6 is 12.2 Å². The van der Waals surface area contributed by atoms with Crippen LogP contribution in [0.25, 0.3) is 0 Å². The van der Waals surface area contributed by atoms with E-state index in [1.54, 1.807) is 19.1 Å². The van der Waals surface area contributed by atoms with E-state index in [9.17, 15) is 9.90 Å². The van der Waals surface area contributed by atoms with Gasteiger partial charge in [0.15, 0.2) is 0 Å². The summed E-state index contributed by atoms with van der Waals surface area (Å²) in [5.74, 6) is 0.159. The van der Waals surface area contributed by atoms with Crippen molar-refractivity contribution in [1.29, 1.82) is 0 Å². The lowest BCUT2D eigenvalue weighted by Crippen LogP contribution is -2.33. The van der Waals surface area contributed by atoms with Crippen LogP contribution in [0.2, 0.25) is 0 Å². The molecule has 0 spiro atoms. The van der Waals surface area contributed by atoms with Gasteiger partial charge in [0, 0.05) is 12.1 Å². The maximum atomic E-state index is 12.1. The third-order valence-electron chi connectivity index (χ3n) is 3.82. The first-order chi connectivity index (χ1) is 9.97. The summed E-state index contributed by atoms with van der Waals surface area (Å²) in [6, 6.07) is 7.24. The summed E-state index contributed by atoms with van der Waals surface area (Å²) in [4.78, 5) is 14.4. The minimum atomic E-state index is -0.326. The zero-order valence-corrected chi connectivity index (χ0v) is 12.9. The number of nitrogens with one attached hydrogen (secondary N) is 1. The second-order valence-corrected chi connectivity index (χ2v) is 5.92. The number of rotatable bonds is 5. The summed E-state index contributed by atoms with van der Waals surface area (Å²) < 4.78 is 0. The van der Waals surface area contributed by atoms with Crippen molar-refractivity contribution in [2.75, 3.05) is 25.0 Å². The van der Waals surface area contributed by atoms with E-state index >= 15 is 0 Å². The van der Waals surface area contributed by atoms with Gasteiger partial charge in [-0.3, -0.25) is 9.69 Å². The average molecular weight is 307 g/mol. The maximum absolute atomic E-state index is 12.1. The van der Waals surface area contributed by atoms with E-state index in [4.69, 9.17) is 18.0 Å². The molecule has 2 atom stereocenters. The first-order valence-corrected chi connectivity index (χ1v) is 7.47. The van der Waals surface area contributed by atoms with E-state index in [0.717, 1.165) is 19.5 Å². The molecule has 1 aliphatic rings. The molecular weight excluding hydrogens is 286 g/mol. The number of benzene rings is 1. The third kappa shape index (κ3) is 4.23. The molecule has 1 fully saturated rings. The highest BCUT2D eigenvalue weighted by Crippen LogP contribution is 2.20. The Labute approximate surface area is 130 Å². The van der Waals surface area contributed by atoms with Crippen LogP contribution in [0.3, 0.4) is 0 Å². The van der Waals surface area contributed by atoms with Gasteiger partial charge >= 0.3 is 0 Å². The smallest absolute Gasteiger partial charge is 0.238 e. The Balaban J connectivity index is 1.93. The third-order valence-corrected chi connectivity index (χ3v) is 4.04. The first kappa shape index (κ1) is 15.9. The molecule has 0 aliphatic carbocycles. The molecule has 4 N–H and O–H groups in total. The van der Waals surface area contributed by atoms with Crippen molar-refractivity contribution in [1.82, 2.24) is 4.90 Å². The number of para-hydroxylation sites is 1. The van der Waals surface area contributed by atoms with E-state index < -0.39 is 0 Å². The summed E-state index contributed by atoms with van der Waals surface area (Å²) in [5, 5.41) is 12.4. The van der Waals surface area contributed by atoms with E-state index in [0.29, 0.717) is 17.8 Å². The molecular formula is C15H21N3O2S. The zero-order valence-electron chi connectivity index (χ0n) is 12.1. The first-order valence-electron chi connectivity index (χ1n) is 7.06. The second kappa shape index (κ2) is 6.98. The topological polar surface area (TPSA) is 78.6 Å². The molecule has 6 heteroatoms. The second-order valence-electron chi connectivity index (χ2n) is 5.48. The van der Waals surface area contributed by atoms with Gasteiger partial charge in [-0.2, -0.15) is 0 Å². The van der Waals surface area contributed by atoms with E-state index in [1.807, 2.05) is 12.1 Å². The predicted molar refractivity (Wildman–Crippen MR) is 87.2 cm³/mol. The number of amides is 1. The standard InChI is InChI=1S/C15H21N3O2S/c1-10(19)11-6-7-18(8-11)9-14(20)17-13-5-3-2-4-12(13)15(16)21/h2-5,10-11,19H,6-9H2,1H3,(H2,16,21)(H,17,20). The lowest BCUT2D eigenvalue weighted by atomic mass is 10.0. The summed E-state index contributed by atoms with van der Waals surface area (Å²) in [5.41, 5.74) is 6.96. The molecule has 0 bridgehead atoms. The van der Waals surface area contributed by atoms with Crippen molar-refractivity contribution in [3.8, 4) is 0 Å². The number of carbonyl (C=O) groups excluding carboxylic acids is 1. The maximum Gasteiger partial charge on any atom is 0.238 e. The molecule has 0 saturated carbocycles. The molecule has 0 aromatic heterocycles. The van der Waals surface area contributed by atoms with Crippen LogP contribution in [0, 0.1) is 5.92 Å². The van der Waals surface area contributed by atoms with Crippen LogP contribution in [0.5, 0.6) is 0 Å². The molecule has 1 aliphatic heterocycles. The van der Waals surface area contributed by atoms with Crippen LogP contribution in [-0.2, 0) is 4.79 Å². The Bertz CT molecular complexity index is 533. The number of hydrogen-bond acceptors (Lipinski definition) is 4. The van der Waals surface area contributed by atoms with Gasteiger partial charge in [0.05, 0.1) is 18.3 Å². The van der Waals surface area contributed by atoms with Crippen LogP contribution in [0.15, 0.2) is 24.3 Å². The van der Waals surface area contributed by atoms with Crippen molar-refractivity contribution in [3.05, 3.63) is 29.8 Å². The molecule has 2 rings (SSSR count). The number of thiocarbonyl (C=S) groups is 1. The van der Waals surface area contributed by atoms with Crippen molar-refractivity contribution in [2.24, 2.45) is 11.7 Å². The average Bonchev–Trinajstić information content (AvgIpc) is 2.87. The number of aliphatic hydroxyl groups excluding tert-OH is 1. The van der Waals surface area contributed by atoms with Gasteiger partial charge < -0.3 is 16.2 Å². The predicted octanol–water partition coefficient (Wildman–Crippen LogP) is 0.962. The molecule has 1 amide bonds. The quantitative estimate of drug-likeness (QED) is 0.706. The van der Waals surface area contributed by atoms with E-state index in [-0.39, 0.29) is 22.9 Å². The molecule has 2 unspecified atom stereocenters. The van der Waals surface area contributed by atoms with Gasteiger partial charge in [0.2, 0.25) is 5.91 Å². The molecule has 21 heavy (non-hydrogen) atoms. The van der Waals surface area contributed by atoms with Crippen molar-refractivity contribution in [2.45, 2.75) is 19.4 Å². The number of nitrogens with two attached hydrogens (primary N) is 1. The number of anilines is 1. The van der Waals surface area contributed by atoms with Crippen molar-refractivity contribution < 1.29 is 9.90 Å².